The quantitative estimate of drug-likeness (QED) is 0.651. The molecule has 1 nitrogen and oxygen atoms in total. The fraction of sp³-hybridized carbons (Fsp3) is 0.200. The van der Waals surface area contributed by atoms with Crippen molar-refractivity contribution in [1.82, 2.24) is 0 Å². The molecule has 0 amide bonds. The Labute approximate surface area is 77.6 Å². The van der Waals surface area contributed by atoms with Crippen LogP contribution in [0.4, 0.5) is 0 Å². The Bertz CT molecular complexity index is 241. The van der Waals surface area contributed by atoms with Crippen LogP contribution in [-0.4, -0.2) is 12.5 Å². The highest BCUT2D eigenvalue weighted by Crippen LogP contribution is 2.12. The number of rotatable bonds is 4. The molecule has 1 aromatic carbocycles. The molecule has 64 valence electrons. The maximum absolute atomic E-state index is 5.47. The van der Waals surface area contributed by atoms with Gasteiger partial charge in [-0.05, 0) is 17.7 Å². The van der Waals surface area contributed by atoms with Crippen molar-refractivity contribution < 1.29 is 4.74 Å². The van der Waals surface area contributed by atoms with Crippen molar-refractivity contribution in [2.75, 3.05) is 12.5 Å². The van der Waals surface area contributed by atoms with Gasteiger partial charge in [0.2, 0.25) is 0 Å². The predicted octanol–water partition coefficient (Wildman–Crippen LogP) is 2.95. The maximum atomic E-state index is 5.47. The molecule has 0 radical (unpaired) electrons. The van der Waals surface area contributed by atoms with Crippen molar-refractivity contribution >= 4 is 17.7 Å². The Morgan fingerprint density at radius 1 is 1.33 bits per heavy atom. The zero-order chi connectivity index (χ0) is 8.81. The fourth-order valence-corrected chi connectivity index (χ4v) is 0.934. The average molecular weight is 183 g/mol. The number of hydrogen-bond donors (Lipinski definition) is 0. The van der Waals surface area contributed by atoms with Crippen LogP contribution in [0.5, 0.6) is 5.75 Å². The van der Waals surface area contributed by atoms with E-state index >= 15 is 0 Å². The molecular formula is C10H11ClO. The predicted molar refractivity (Wildman–Crippen MR) is 52.7 cm³/mol. The first-order valence-electron chi connectivity index (χ1n) is 3.78. The van der Waals surface area contributed by atoms with Gasteiger partial charge in [0, 0.05) is 0 Å². The SMILES string of the molecule is C=Cc1ccc(OCCCl)cc1. The summed E-state index contributed by atoms with van der Waals surface area (Å²) in [7, 11) is 0. The second-order valence-corrected chi connectivity index (χ2v) is 2.69. The number of benzene rings is 1. The molecule has 0 spiro atoms. The average Bonchev–Trinajstić information content (AvgIpc) is 2.15. The molecule has 0 aliphatic heterocycles. The monoisotopic (exact) mass is 182 g/mol. The van der Waals surface area contributed by atoms with Crippen LogP contribution < -0.4 is 4.74 Å². The highest BCUT2D eigenvalue weighted by Gasteiger charge is 1.91. The van der Waals surface area contributed by atoms with E-state index < -0.39 is 0 Å². The molecular weight excluding hydrogens is 172 g/mol. The molecule has 0 bridgehead atoms. The van der Waals surface area contributed by atoms with Crippen LogP contribution in [0.25, 0.3) is 6.08 Å². The minimum Gasteiger partial charge on any atom is -0.492 e. The zero-order valence-electron chi connectivity index (χ0n) is 6.79. The summed E-state index contributed by atoms with van der Waals surface area (Å²) in [5, 5.41) is 0. The number of halogens is 1. The van der Waals surface area contributed by atoms with Crippen LogP contribution in [0, 0.1) is 0 Å². The molecule has 2 heteroatoms. The van der Waals surface area contributed by atoms with Crippen LogP contribution in [0.2, 0.25) is 0 Å². The van der Waals surface area contributed by atoms with E-state index in [1.54, 1.807) is 6.08 Å². The van der Waals surface area contributed by atoms with Crippen molar-refractivity contribution in [3.05, 3.63) is 36.4 Å². The van der Waals surface area contributed by atoms with Crippen LogP contribution in [0.1, 0.15) is 5.56 Å². The normalized spacial score (nSPS) is 9.42. The van der Waals surface area contributed by atoms with Gasteiger partial charge < -0.3 is 4.74 Å². The van der Waals surface area contributed by atoms with Crippen molar-refractivity contribution in [3.63, 3.8) is 0 Å². The summed E-state index contributed by atoms with van der Waals surface area (Å²) in [6, 6.07) is 7.72. The molecule has 0 heterocycles. The second kappa shape index (κ2) is 4.83. The lowest BCUT2D eigenvalue weighted by atomic mass is 10.2. The molecule has 0 fully saturated rings. The first kappa shape index (κ1) is 9.14. The molecule has 1 aromatic rings. The van der Waals surface area contributed by atoms with Gasteiger partial charge in [-0.15, -0.1) is 11.6 Å². The van der Waals surface area contributed by atoms with Crippen molar-refractivity contribution in [2.45, 2.75) is 0 Å². The smallest absolute Gasteiger partial charge is 0.119 e. The van der Waals surface area contributed by atoms with Gasteiger partial charge in [0.15, 0.2) is 0 Å². The molecule has 0 N–H and O–H groups in total. The highest BCUT2D eigenvalue weighted by atomic mass is 35.5. The van der Waals surface area contributed by atoms with Gasteiger partial charge in [-0.25, -0.2) is 0 Å². The van der Waals surface area contributed by atoms with E-state index in [0.29, 0.717) is 12.5 Å². The highest BCUT2D eigenvalue weighted by molar-refractivity contribution is 6.17. The van der Waals surface area contributed by atoms with Crippen molar-refractivity contribution in [2.24, 2.45) is 0 Å². The van der Waals surface area contributed by atoms with Crippen LogP contribution in [0.3, 0.4) is 0 Å². The summed E-state index contributed by atoms with van der Waals surface area (Å²) >= 11 is 5.47. The minimum absolute atomic E-state index is 0.517. The first-order chi connectivity index (χ1) is 5.86. The third-order valence-electron chi connectivity index (χ3n) is 1.46. The second-order valence-electron chi connectivity index (χ2n) is 2.31. The van der Waals surface area contributed by atoms with E-state index in [1.165, 1.54) is 0 Å². The lowest BCUT2D eigenvalue weighted by Gasteiger charge is -2.02. The molecule has 1 rings (SSSR count). The van der Waals surface area contributed by atoms with Gasteiger partial charge >= 0.3 is 0 Å². The Hall–Kier alpha value is -0.950. The molecule has 0 atom stereocenters. The minimum atomic E-state index is 0.517. The van der Waals surface area contributed by atoms with Crippen LogP contribution in [-0.2, 0) is 0 Å². The zero-order valence-corrected chi connectivity index (χ0v) is 7.55. The third kappa shape index (κ3) is 2.59. The summed E-state index contributed by atoms with van der Waals surface area (Å²) in [4.78, 5) is 0. The molecule has 0 aromatic heterocycles. The van der Waals surface area contributed by atoms with Gasteiger partial charge in [-0.2, -0.15) is 0 Å². The van der Waals surface area contributed by atoms with E-state index in [-0.39, 0.29) is 0 Å². The number of hydrogen-bond acceptors (Lipinski definition) is 1. The maximum Gasteiger partial charge on any atom is 0.119 e. The largest absolute Gasteiger partial charge is 0.492 e. The lowest BCUT2D eigenvalue weighted by Crippen LogP contribution is -1.97. The van der Waals surface area contributed by atoms with Gasteiger partial charge in [0.1, 0.15) is 12.4 Å². The molecule has 0 aliphatic carbocycles. The van der Waals surface area contributed by atoms with Gasteiger partial charge in [0.05, 0.1) is 5.88 Å². The Morgan fingerprint density at radius 3 is 2.50 bits per heavy atom. The third-order valence-corrected chi connectivity index (χ3v) is 1.62. The molecule has 0 saturated heterocycles. The van der Waals surface area contributed by atoms with Crippen LogP contribution >= 0.6 is 11.6 Å². The summed E-state index contributed by atoms with van der Waals surface area (Å²) in [6.45, 7) is 4.21. The standard InChI is InChI=1S/C10H11ClO/c1-2-9-3-5-10(6-4-9)12-8-7-11/h2-6H,1,7-8H2. The Kier molecular flexibility index (Phi) is 3.68. The molecule has 0 unspecified atom stereocenters. The summed E-state index contributed by atoms with van der Waals surface area (Å²) in [5.74, 6) is 1.37. The number of alkyl halides is 1. The number of ether oxygens (including phenoxy) is 1. The van der Waals surface area contributed by atoms with E-state index in [4.69, 9.17) is 16.3 Å². The molecule has 0 saturated carbocycles. The molecule has 0 aliphatic rings. The van der Waals surface area contributed by atoms with E-state index in [2.05, 4.69) is 6.58 Å². The van der Waals surface area contributed by atoms with Gasteiger partial charge in [-0.1, -0.05) is 24.8 Å². The fourth-order valence-electron chi connectivity index (χ4n) is 0.857. The van der Waals surface area contributed by atoms with E-state index in [1.807, 2.05) is 24.3 Å². The van der Waals surface area contributed by atoms with Gasteiger partial charge in [0.25, 0.3) is 0 Å². The van der Waals surface area contributed by atoms with Crippen molar-refractivity contribution in [1.29, 1.82) is 0 Å². The van der Waals surface area contributed by atoms with E-state index in [9.17, 15) is 0 Å². The first-order valence-corrected chi connectivity index (χ1v) is 4.31. The molecule has 12 heavy (non-hydrogen) atoms. The Balaban J connectivity index is 2.58. The van der Waals surface area contributed by atoms with E-state index in [0.717, 1.165) is 11.3 Å². The van der Waals surface area contributed by atoms with Crippen LogP contribution in [0.15, 0.2) is 30.8 Å². The van der Waals surface area contributed by atoms with Gasteiger partial charge in [-0.3, -0.25) is 0 Å². The summed E-state index contributed by atoms with van der Waals surface area (Å²) in [6.07, 6.45) is 1.80. The summed E-state index contributed by atoms with van der Waals surface area (Å²) < 4.78 is 5.29. The lowest BCUT2D eigenvalue weighted by molar-refractivity contribution is 0.343. The topological polar surface area (TPSA) is 9.23 Å². The van der Waals surface area contributed by atoms with Crippen molar-refractivity contribution in [3.8, 4) is 5.75 Å². The Morgan fingerprint density at radius 2 is 2.00 bits per heavy atom. The summed E-state index contributed by atoms with van der Waals surface area (Å²) in [5.41, 5.74) is 1.09.